The maximum absolute atomic E-state index is 13.0. The molecule has 0 fully saturated rings. The van der Waals surface area contributed by atoms with Crippen molar-refractivity contribution >= 4 is 0 Å². The third-order valence-corrected chi connectivity index (χ3v) is 3.16. The standard InChI is InChI=1S/C15H25FN2O/c1-17(2)9-5-10-18(3)11-8-15(19)13-6-4-7-14(16)12-13/h4,6-7,12,15,19H,5,8-11H2,1-3H3. The molecule has 0 aliphatic carbocycles. The van der Waals surface area contributed by atoms with Crippen LogP contribution < -0.4 is 0 Å². The first-order valence-electron chi connectivity index (χ1n) is 6.76. The Morgan fingerprint density at radius 3 is 2.53 bits per heavy atom. The van der Waals surface area contributed by atoms with E-state index >= 15 is 0 Å². The van der Waals surface area contributed by atoms with E-state index in [1.54, 1.807) is 12.1 Å². The van der Waals surface area contributed by atoms with Gasteiger partial charge in [0, 0.05) is 6.54 Å². The summed E-state index contributed by atoms with van der Waals surface area (Å²) >= 11 is 0. The number of halogens is 1. The van der Waals surface area contributed by atoms with Crippen LogP contribution in [0.25, 0.3) is 0 Å². The summed E-state index contributed by atoms with van der Waals surface area (Å²) in [6, 6.07) is 6.19. The lowest BCUT2D eigenvalue weighted by Gasteiger charge is -2.20. The predicted octanol–water partition coefficient (Wildman–Crippen LogP) is 2.13. The van der Waals surface area contributed by atoms with E-state index in [0.29, 0.717) is 12.0 Å². The number of rotatable bonds is 8. The third kappa shape index (κ3) is 6.66. The lowest BCUT2D eigenvalue weighted by Crippen LogP contribution is -2.25. The van der Waals surface area contributed by atoms with Crippen molar-refractivity contribution in [2.45, 2.75) is 18.9 Å². The van der Waals surface area contributed by atoms with Crippen molar-refractivity contribution in [3.8, 4) is 0 Å². The Morgan fingerprint density at radius 1 is 1.16 bits per heavy atom. The molecule has 0 saturated heterocycles. The summed E-state index contributed by atoms with van der Waals surface area (Å²) in [4.78, 5) is 4.36. The van der Waals surface area contributed by atoms with E-state index in [2.05, 4.69) is 23.9 Å². The minimum Gasteiger partial charge on any atom is -0.388 e. The molecule has 0 aromatic heterocycles. The summed E-state index contributed by atoms with van der Waals surface area (Å²) in [5.74, 6) is -0.295. The Balaban J connectivity index is 2.27. The van der Waals surface area contributed by atoms with Gasteiger partial charge in [-0.15, -0.1) is 0 Å². The molecule has 3 nitrogen and oxygen atoms in total. The topological polar surface area (TPSA) is 26.7 Å². The average Bonchev–Trinajstić information content (AvgIpc) is 2.35. The molecule has 1 unspecified atom stereocenters. The van der Waals surface area contributed by atoms with Crippen molar-refractivity contribution in [3.05, 3.63) is 35.6 Å². The van der Waals surface area contributed by atoms with Gasteiger partial charge in [-0.1, -0.05) is 12.1 Å². The molecule has 0 spiro atoms. The first kappa shape index (κ1) is 16.1. The Labute approximate surface area is 115 Å². The van der Waals surface area contributed by atoms with Gasteiger partial charge in [0.2, 0.25) is 0 Å². The molecule has 0 aliphatic rings. The molecule has 1 rings (SSSR count). The number of hydrogen-bond acceptors (Lipinski definition) is 3. The van der Waals surface area contributed by atoms with E-state index in [4.69, 9.17) is 0 Å². The number of aliphatic hydroxyl groups excluding tert-OH is 1. The molecule has 0 saturated carbocycles. The molecule has 1 aromatic carbocycles. The van der Waals surface area contributed by atoms with E-state index in [0.717, 1.165) is 26.1 Å². The van der Waals surface area contributed by atoms with Crippen LogP contribution in [-0.4, -0.2) is 55.7 Å². The highest BCUT2D eigenvalue weighted by Gasteiger charge is 2.09. The van der Waals surface area contributed by atoms with E-state index < -0.39 is 6.10 Å². The van der Waals surface area contributed by atoms with Gasteiger partial charge in [-0.2, -0.15) is 0 Å². The van der Waals surface area contributed by atoms with E-state index in [1.807, 2.05) is 7.05 Å². The molecule has 1 N–H and O–H groups in total. The van der Waals surface area contributed by atoms with Gasteiger partial charge < -0.3 is 14.9 Å². The molecular weight excluding hydrogens is 243 g/mol. The molecule has 1 aromatic rings. The highest BCUT2D eigenvalue weighted by molar-refractivity contribution is 5.18. The molecule has 0 heterocycles. The van der Waals surface area contributed by atoms with Crippen LogP contribution in [0.15, 0.2) is 24.3 Å². The fourth-order valence-corrected chi connectivity index (χ4v) is 1.99. The predicted molar refractivity (Wildman–Crippen MR) is 76.6 cm³/mol. The SMILES string of the molecule is CN(C)CCCN(C)CCC(O)c1cccc(F)c1. The Morgan fingerprint density at radius 2 is 1.89 bits per heavy atom. The van der Waals surface area contributed by atoms with Crippen molar-refractivity contribution < 1.29 is 9.50 Å². The van der Waals surface area contributed by atoms with Crippen molar-refractivity contribution in [1.82, 2.24) is 9.80 Å². The number of nitrogens with zero attached hydrogens (tertiary/aromatic N) is 2. The summed E-state index contributed by atoms with van der Waals surface area (Å²) in [6.45, 7) is 2.88. The van der Waals surface area contributed by atoms with Gasteiger partial charge >= 0.3 is 0 Å². The maximum atomic E-state index is 13.0. The zero-order valence-electron chi connectivity index (χ0n) is 12.1. The fourth-order valence-electron chi connectivity index (χ4n) is 1.99. The molecular formula is C15H25FN2O. The minimum atomic E-state index is -0.591. The monoisotopic (exact) mass is 268 g/mol. The van der Waals surface area contributed by atoms with Crippen molar-refractivity contribution in [2.24, 2.45) is 0 Å². The third-order valence-electron chi connectivity index (χ3n) is 3.16. The molecule has 4 heteroatoms. The van der Waals surface area contributed by atoms with Crippen LogP contribution in [0, 0.1) is 5.82 Å². The zero-order chi connectivity index (χ0) is 14.3. The van der Waals surface area contributed by atoms with E-state index in [9.17, 15) is 9.50 Å². The van der Waals surface area contributed by atoms with E-state index in [1.165, 1.54) is 12.1 Å². The Hall–Kier alpha value is -0.970. The largest absolute Gasteiger partial charge is 0.388 e. The van der Waals surface area contributed by atoms with Crippen LogP contribution in [0.1, 0.15) is 24.5 Å². The minimum absolute atomic E-state index is 0.295. The Bertz CT molecular complexity index is 371. The summed E-state index contributed by atoms with van der Waals surface area (Å²) in [6.07, 6.45) is 1.15. The second-order valence-corrected chi connectivity index (χ2v) is 5.32. The molecule has 0 bridgehead atoms. The number of aliphatic hydroxyl groups is 1. The summed E-state index contributed by atoms with van der Waals surface area (Å²) in [7, 11) is 6.18. The number of benzene rings is 1. The Kier molecular flexibility index (Phi) is 6.99. The number of hydrogen-bond donors (Lipinski definition) is 1. The van der Waals surface area contributed by atoms with Gasteiger partial charge in [-0.3, -0.25) is 0 Å². The first-order valence-corrected chi connectivity index (χ1v) is 6.76. The highest BCUT2D eigenvalue weighted by atomic mass is 19.1. The second kappa shape index (κ2) is 8.25. The van der Waals surface area contributed by atoms with Crippen LogP contribution in [0.4, 0.5) is 4.39 Å². The van der Waals surface area contributed by atoms with Gasteiger partial charge in [0.15, 0.2) is 0 Å². The van der Waals surface area contributed by atoms with Crippen LogP contribution >= 0.6 is 0 Å². The first-order chi connectivity index (χ1) is 8.99. The summed E-state index contributed by atoms with van der Waals surface area (Å²) < 4.78 is 13.0. The summed E-state index contributed by atoms with van der Waals surface area (Å²) in [5, 5.41) is 10.0. The normalized spacial score (nSPS) is 13.2. The van der Waals surface area contributed by atoms with Gasteiger partial charge in [0.1, 0.15) is 5.82 Å². The summed E-state index contributed by atoms with van der Waals surface area (Å²) in [5.41, 5.74) is 0.654. The molecule has 1 atom stereocenters. The second-order valence-electron chi connectivity index (χ2n) is 5.32. The van der Waals surface area contributed by atoms with Crippen molar-refractivity contribution in [2.75, 3.05) is 40.8 Å². The molecule has 0 amide bonds. The van der Waals surface area contributed by atoms with Crippen LogP contribution in [0.5, 0.6) is 0 Å². The highest BCUT2D eigenvalue weighted by Crippen LogP contribution is 2.17. The van der Waals surface area contributed by atoms with Crippen LogP contribution in [0.2, 0.25) is 0 Å². The lowest BCUT2D eigenvalue weighted by atomic mass is 10.1. The van der Waals surface area contributed by atoms with Crippen LogP contribution in [0.3, 0.4) is 0 Å². The molecule has 0 radical (unpaired) electrons. The molecule has 19 heavy (non-hydrogen) atoms. The average molecular weight is 268 g/mol. The molecule has 0 aliphatic heterocycles. The fraction of sp³-hybridized carbons (Fsp3) is 0.600. The molecule has 108 valence electrons. The zero-order valence-corrected chi connectivity index (χ0v) is 12.1. The van der Waals surface area contributed by atoms with Crippen molar-refractivity contribution in [3.63, 3.8) is 0 Å². The quantitative estimate of drug-likeness (QED) is 0.782. The van der Waals surface area contributed by atoms with Gasteiger partial charge in [0.05, 0.1) is 6.10 Å². The van der Waals surface area contributed by atoms with Gasteiger partial charge in [-0.05, 0) is 64.8 Å². The maximum Gasteiger partial charge on any atom is 0.123 e. The van der Waals surface area contributed by atoms with Gasteiger partial charge in [-0.25, -0.2) is 4.39 Å². The van der Waals surface area contributed by atoms with Gasteiger partial charge in [0.25, 0.3) is 0 Å². The van der Waals surface area contributed by atoms with Crippen LogP contribution in [-0.2, 0) is 0 Å². The van der Waals surface area contributed by atoms with E-state index in [-0.39, 0.29) is 5.82 Å². The smallest absolute Gasteiger partial charge is 0.123 e. The van der Waals surface area contributed by atoms with Crippen molar-refractivity contribution in [1.29, 1.82) is 0 Å². The lowest BCUT2D eigenvalue weighted by molar-refractivity contribution is 0.147.